The van der Waals surface area contributed by atoms with Gasteiger partial charge in [0.2, 0.25) is 10.0 Å². The minimum atomic E-state index is -2.95. The van der Waals surface area contributed by atoms with E-state index in [-0.39, 0.29) is 0 Å². The molecule has 1 saturated carbocycles. The molecule has 2 saturated heterocycles. The number of sulfonamides is 1. The molecule has 0 unspecified atom stereocenters. The van der Waals surface area contributed by atoms with Gasteiger partial charge in [-0.05, 0) is 57.2 Å². The topological polar surface area (TPSA) is 40.6 Å². The molecule has 3 rings (SSSR count). The average molecular weight is 258 g/mol. The number of fused-ring (bicyclic) bond motifs is 1. The summed E-state index contributed by atoms with van der Waals surface area (Å²) in [4.78, 5) is 2.39. The van der Waals surface area contributed by atoms with E-state index in [2.05, 4.69) is 4.90 Å². The Morgan fingerprint density at radius 3 is 2.35 bits per heavy atom. The van der Waals surface area contributed by atoms with Gasteiger partial charge in [-0.25, -0.2) is 12.7 Å². The summed E-state index contributed by atoms with van der Waals surface area (Å²) in [5, 5.41) is 0. The number of hydrogen-bond acceptors (Lipinski definition) is 3. The van der Waals surface area contributed by atoms with Gasteiger partial charge in [0, 0.05) is 13.1 Å². The molecule has 3 aliphatic rings. The van der Waals surface area contributed by atoms with E-state index in [0.717, 1.165) is 39.1 Å². The second kappa shape index (κ2) is 4.52. The molecule has 17 heavy (non-hydrogen) atoms. The van der Waals surface area contributed by atoms with Crippen molar-refractivity contribution < 1.29 is 8.42 Å². The van der Waals surface area contributed by atoms with Gasteiger partial charge in [-0.15, -0.1) is 0 Å². The number of nitrogens with zero attached hydrogens (tertiary/aromatic N) is 2. The molecular weight excluding hydrogens is 236 g/mol. The Hall–Kier alpha value is -0.130. The van der Waals surface area contributed by atoms with Crippen LogP contribution in [0.1, 0.15) is 25.7 Å². The number of rotatable bonds is 5. The predicted molar refractivity (Wildman–Crippen MR) is 67.2 cm³/mol. The number of piperidine rings is 1. The lowest BCUT2D eigenvalue weighted by molar-refractivity contribution is 0.338. The van der Waals surface area contributed by atoms with Gasteiger partial charge in [-0.1, -0.05) is 0 Å². The molecule has 3 fully saturated rings. The van der Waals surface area contributed by atoms with Crippen LogP contribution in [0.25, 0.3) is 0 Å². The second-order valence-electron chi connectivity index (χ2n) is 5.79. The lowest BCUT2D eigenvalue weighted by Gasteiger charge is -2.19. The lowest BCUT2D eigenvalue weighted by Crippen LogP contribution is -2.33. The first-order chi connectivity index (χ1) is 8.15. The maximum absolute atomic E-state index is 12.1. The van der Waals surface area contributed by atoms with E-state index in [1.54, 1.807) is 4.31 Å². The average Bonchev–Trinajstić information content (AvgIpc) is 2.73. The maximum Gasteiger partial charge on any atom is 0.214 e. The third-order valence-electron chi connectivity index (χ3n) is 4.41. The summed E-state index contributed by atoms with van der Waals surface area (Å²) >= 11 is 0. The van der Waals surface area contributed by atoms with Crippen molar-refractivity contribution in [3.8, 4) is 0 Å². The summed E-state index contributed by atoms with van der Waals surface area (Å²) in [7, 11) is -2.95. The van der Waals surface area contributed by atoms with Gasteiger partial charge < -0.3 is 4.90 Å². The van der Waals surface area contributed by atoms with E-state index in [0.29, 0.717) is 17.6 Å². The van der Waals surface area contributed by atoms with Gasteiger partial charge in [0.05, 0.1) is 5.75 Å². The fraction of sp³-hybridized carbons (Fsp3) is 1.00. The molecule has 0 amide bonds. The van der Waals surface area contributed by atoms with Crippen molar-refractivity contribution >= 4 is 10.0 Å². The largest absolute Gasteiger partial charge is 0.303 e. The van der Waals surface area contributed by atoms with Gasteiger partial charge in [0.15, 0.2) is 0 Å². The molecular formula is C12H22N2O2S. The molecule has 1 aliphatic carbocycles. The van der Waals surface area contributed by atoms with Crippen molar-refractivity contribution in [3.63, 3.8) is 0 Å². The van der Waals surface area contributed by atoms with Crippen LogP contribution in [0.4, 0.5) is 0 Å². The molecule has 0 radical (unpaired) electrons. The third-order valence-corrected chi connectivity index (χ3v) is 6.30. The Bertz CT molecular complexity index is 366. The van der Waals surface area contributed by atoms with Crippen molar-refractivity contribution in [3.05, 3.63) is 0 Å². The Morgan fingerprint density at radius 1 is 1.06 bits per heavy atom. The number of hydrogen-bond donors (Lipinski definition) is 0. The molecule has 0 bridgehead atoms. The van der Waals surface area contributed by atoms with Crippen molar-refractivity contribution in [1.29, 1.82) is 0 Å². The summed E-state index contributed by atoms with van der Waals surface area (Å²) in [6, 6.07) is 0. The van der Waals surface area contributed by atoms with Crippen LogP contribution in [0, 0.1) is 11.8 Å². The molecule has 0 aromatic carbocycles. The van der Waals surface area contributed by atoms with Crippen LogP contribution in [0.5, 0.6) is 0 Å². The summed E-state index contributed by atoms with van der Waals surface area (Å²) in [6.45, 7) is 4.88. The molecule has 2 aliphatic heterocycles. The zero-order chi connectivity index (χ0) is 11.9. The molecule has 2 heterocycles. The fourth-order valence-electron chi connectivity index (χ4n) is 3.19. The quantitative estimate of drug-likeness (QED) is 0.731. The molecule has 0 aromatic heterocycles. The summed E-state index contributed by atoms with van der Waals surface area (Å²) in [6.07, 6.45) is 4.62. The van der Waals surface area contributed by atoms with Gasteiger partial charge in [-0.3, -0.25) is 0 Å². The first-order valence-corrected chi connectivity index (χ1v) is 8.46. The van der Waals surface area contributed by atoms with Crippen LogP contribution >= 0.6 is 0 Å². The van der Waals surface area contributed by atoms with Crippen LogP contribution in [-0.4, -0.2) is 56.1 Å². The van der Waals surface area contributed by atoms with Crippen LogP contribution < -0.4 is 0 Å². The first kappa shape index (κ1) is 11.9. The third kappa shape index (κ3) is 2.66. The van der Waals surface area contributed by atoms with Crippen LogP contribution in [0.15, 0.2) is 0 Å². The highest BCUT2D eigenvalue weighted by Gasteiger charge is 2.48. The zero-order valence-corrected chi connectivity index (χ0v) is 11.2. The molecule has 0 N–H and O–H groups in total. The predicted octanol–water partition coefficient (Wildman–Crippen LogP) is 0.754. The fourth-order valence-corrected chi connectivity index (χ4v) is 4.78. The first-order valence-electron chi connectivity index (χ1n) is 6.85. The lowest BCUT2D eigenvalue weighted by atomic mass is 10.4. The molecule has 0 spiro atoms. The van der Waals surface area contributed by atoms with E-state index >= 15 is 0 Å². The van der Waals surface area contributed by atoms with Gasteiger partial charge in [0.25, 0.3) is 0 Å². The molecule has 2 atom stereocenters. The highest BCUT2D eigenvalue weighted by molar-refractivity contribution is 7.89. The van der Waals surface area contributed by atoms with E-state index < -0.39 is 10.0 Å². The Balaban J connectivity index is 1.43. The van der Waals surface area contributed by atoms with E-state index in [9.17, 15) is 8.42 Å². The summed E-state index contributed by atoms with van der Waals surface area (Å²) in [5.74, 6) is 1.75. The second-order valence-corrected chi connectivity index (χ2v) is 7.88. The molecule has 98 valence electrons. The SMILES string of the molecule is O=S(=O)(CCCN1CCCC1)N1C[C@H]2C[C@H]2C1. The maximum atomic E-state index is 12.1. The highest BCUT2D eigenvalue weighted by atomic mass is 32.2. The van der Waals surface area contributed by atoms with Gasteiger partial charge in [-0.2, -0.15) is 0 Å². The van der Waals surface area contributed by atoms with Crippen LogP contribution in [0.2, 0.25) is 0 Å². The van der Waals surface area contributed by atoms with E-state index in [1.807, 2.05) is 0 Å². The minimum Gasteiger partial charge on any atom is -0.303 e. The monoisotopic (exact) mass is 258 g/mol. The van der Waals surface area contributed by atoms with Crippen molar-refractivity contribution in [1.82, 2.24) is 9.21 Å². The normalized spacial score (nSPS) is 34.1. The van der Waals surface area contributed by atoms with Gasteiger partial charge >= 0.3 is 0 Å². The number of likely N-dealkylation sites (tertiary alicyclic amines) is 1. The Morgan fingerprint density at radius 2 is 1.71 bits per heavy atom. The smallest absolute Gasteiger partial charge is 0.214 e. The van der Waals surface area contributed by atoms with Crippen molar-refractivity contribution in [2.45, 2.75) is 25.7 Å². The van der Waals surface area contributed by atoms with E-state index in [4.69, 9.17) is 0 Å². The highest BCUT2D eigenvalue weighted by Crippen LogP contribution is 2.45. The Labute approximate surface area is 104 Å². The van der Waals surface area contributed by atoms with E-state index in [1.165, 1.54) is 19.3 Å². The van der Waals surface area contributed by atoms with Crippen LogP contribution in [0.3, 0.4) is 0 Å². The van der Waals surface area contributed by atoms with Crippen molar-refractivity contribution in [2.24, 2.45) is 11.8 Å². The minimum absolute atomic E-state index is 0.350. The summed E-state index contributed by atoms with van der Waals surface area (Å²) < 4.78 is 25.9. The molecule has 5 heteroatoms. The van der Waals surface area contributed by atoms with Gasteiger partial charge in [0.1, 0.15) is 0 Å². The van der Waals surface area contributed by atoms with Crippen molar-refractivity contribution in [2.75, 3.05) is 38.5 Å². The van der Waals surface area contributed by atoms with Crippen LogP contribution in [-0.2, 0) is 10.0 Å². The Kier molecular flexibility index (Phi) is 3.17. The zero-order valence-electron chi connectivity index (χ0n) is 10.3. The molecule has 0 aromatic rings. The summed E-state index contributed by atoms with van der Waals surface area (Å²) in [5.41, 5.74) is 0. The standard InChI is InChI=1S/C12H22N2O2S/c15-17(16,14-9-11-8-12(11)10-14)7-3-6-13-4-1-2-5-13/h11-12H,1-10H2/t11-,12+. The molecule has 4 nitrogen and oxygen atoms in total.